The quantitative estimate of drug-likeness (QED) is 0.737. The highest BCUT2D eigenvalue weighted by Crippen LogP contribution is 2.36. The van der Waals surface area contributed by atoms with Crippen LogP contribution < -0.4 is 10.2 Å². The molecular formula is C17H12Cl4N2O2. The van der Waals surface area contributed by atoms with E-state index in [1.165, 1.54) is 4.90 Å². The van der Waals surface area contributed by atoms with Crippen LogP contribution in [0.2, 0.25) is 20.1 Å². The SMILES string of the molecule is O=C(Nc1cc(Cl)cc(Cl)c1)[C@@H]1CC(=O)N(c2cccc(Cl)c2Cl)C1. The number of carbonyl (C=O) groups excluding carboxylic acids is 2. The number of hydrogen-bond acceptors (Lipinski definition) is 2. The summed E-state index contributed by atoms with van der Waals surface area (Å²) in [6, 6.07) is 9.80. The predicted molar refractivity (Wildman–Crippen MR) is 102 cm³/mol. The Bertz CT molecular complexity index is 836. The molecule has 1 atom stereocenters. The van der Waals surface area contributed by atoms with E-state index >= 15 is 0 Å². The first-order valence-electron chi connectivity index (χ1n) is 7.36. The molecule has 130 valence electrons. The van der Waals surface area contributed by atoms with Crippen molar-refractivity contribution in [3.05, 3.63) is 56.5 Å². The third-order valence-corrected chi connectivity index (χ3v) is 5.09. The van der Waals surface area contributed by atoms with Crippen LogP contribution in [0.25, 0.3) is 0 Å². The highest BCUT2D eigenvalue weighted by Gasteiger charge is 2.36. The third-order valence-electron chi connectivity index (χ3n) is 3.85. The van der Waals surface area contributed by atoms with Gasteiger partial charge in [-0.25, -0.2) is 0 Å². The highest BCUT2D eigenvalue weighted by atomic mass is 35.5. The minimum atomic E-state index is -0.514. The van der Waals surface area contributed by atoms with Crippen molar-refractivity contribution >= 4 is 69.6 Å². The van der Waals surface area contributed by atoms with E-state index in [1.54, 1.807) is 36.4 Å². The maximum Gasteiger partial charge on any atom is 0.229 e. The first kappa shape index (κ1) is 18.3. The predicted octanol–water partition coefficient (Wildman–Crippen LogP) is 5.29. The molecule has 4 nitrogen and oxygen atoms in total. The first-order chi connectivity index (χ1) is 11.8. The molecule has 25 heavy (non-hydrogen) atoms. The largest absolute Gasteiger partial charge is 0.326 e. The van der Waals surface area contributed by atoms with Crippen molar-refractivity contribution in [1.82, 2.24) is 0 Å². The van der Waals surface area contributed by atoms with Crippen LogP contribution in [0.5, 0.6) is 0 Å². The summed E-state index contributed by atoms with van der Waals surface area (Å²) in [4.78, 5) is 26.3. The van der Waals surface area contributed by atoms with Crippen molar-refractivity contribution in [2.45, 2.75) is 6.42 Å². The van der Waals surface area contributed by atoms with Crippen LogP contribution in [0, 0.1) is 5.92 Å². The second kappa shape index (κ2) is 7.42. The van der Waals surface area contributed by atoms with Crippen molar-refractivity contribution in [3.8, 4) is 0 Å². The van der Waals surface area contributed by atoms with Crippen LogP contribution in [-0.4, -0.2) is 18.4 Å². The van der Waals surface area contributed by atoms with Crippen molar-refractivity contribution in [3.63, 3.8) is 0 Å². The monoisotopic (exact) mass is 416 g/mol. The summed E-state index contributed by atoms with van der Waals surface area (Å²) in [5, 5.41) is 4.21. The van der Waals surface area contributed by atoms with Crippen LogP contribution >= 0.6 is 46.4 Å². The van der Waals surface area contributed by atoms with Crippen LogP contribution in [0.3, 0.4) is 0 Å². The van der Waals surface area contributed by atoms with E-state index in [9.17, 15) is 9.59 Å². The smallest absolute Gasteiger partial charge is 0.229 e. The molecule has 2 aromatic rings. The van der Waals surface area contributed by atoms with Crippen LogP contribution in [-0.2, 0) is 9.59 Å². The van der Waals surface area contributed by atoms with Gasteiger partial charge in [0.1, 0.15) is 0 Å². The van der Waals surface area contributed by atoms with Gasteiger partial charge in [-0.2, -0.15) is 0 Å². The molecule has 0 radical (unpaired) electrons. The Labute approximate surface area is 164 Å². The van der Waals surface area contributed by atoms with Crippen molar-refractivity contribution in [2.75, 3.05) is 16.8 Å². The number of carbonyl (C=O) groups is 2. The van der Waals surface area contributed by atoms with Gasteiger partial charge in [0.25, 0.3) is 0 Å². The number of anilines is 2. The van der Waals surface area contributed by atoms with Crippen LogP contribution in [0.15, 0.2) is 36.4 Å². The van der Waals surface area contributed by atoms with E-state index in [0.717, 1.165) is 0 Å². The molecule has 1 aliphatic rings. The molecular weight excluding hydrogens is 406 g/mol. The second-order valence-electron chi connectivity index (χ2n) is 5.63. The first-order valence-corrected chi connectivity index (χ1v) is 8.87. The zero-order valence-corrected chi connectivity index (χ0v) is 15.8. The van der Waals surface area contributed by atoms with E-state index in [1.807, 2.05) is 0 Å². The molecule has 2 amide bonds. The van der Waals surface area contributed by atoms with Gasteiger partial charge in [-0.05, 0) is 30.3 Å². The van der Waals surface area contributed by atoms with Gasteiger partial charge in [0.15, 0.2) is 0 Å². The Morgan fingerprint density at radius 1 is 1.08 bits per heavy atom. The number of rotatable bonds is 3. The Morgan fingerprint density at radius 2 is 1.76 bits per heavy atom. The fourth-order valence-corrected chi connectivity index (χ4v) is 3.61. The minimum absolute atomic E-state index is 0.0863. The molecule has 0 aliphatic carbocycles. The lowest BCUT2D eigenvalue weighted by Gasteiger charge is -2.18. The zero-order chi connectivity index (χ0) is 18.1. The van der Waals surface area contributed by atoms with Crippen molar-refractivity contribution < 1.29 is 9.59 Å². The van der Waals surface area contributed by atoms with E-state index in [2.05, 4.69) is 5.32 Å². The fourth-order valence-electron chi connectivity index (χ4n) is 2.69. The Balaban J connectivity index is 1.75. The Kier molecular flexibility index (Phi) is 5.44. The van der Waals surface area contributed by atoms with Crippen LogP contribution in [0.4, 0.5) is 11.4 Å². The molecule has 0 saturated carbocycles. The Hall–Kier alpha value is -1.46. The molecule has 0 aromatic heterocycles. The zero-order valence-electron chi connectivity index (χ0n) is 12.7. The van der Waals surface area contributed by atoms with Gasteiger partial charge in [0.05, 0.1) is 21.7 Å². The summed E-state index contributed by atoms with van der Waals surface area (Å²) < 4.78 is 0. The summed E-state index contributed by atoms with van der Waals surface area (Å²) in [5.74, 6) is -0.985. The van der Waals surface area contributed by atoms with E-state index in [0.29, 0.717) is 31.5 Å². The summed E-state index contributed by atoms with van der Waals surface area (Å²) in [5.41, 5.74) is 0.981. The van der Waals surface area contributed by atoms with Crippen molar-refractivity contribution in [2.24, 2.45) is 5.92 Å². The number of amides is 2. The lowest BCUT2D eigenvalue weighted by atomic mass is 10.1. The lowest BCUT2D eigenvalue weighted by molar-refractivity contribution is -0.122. The van der Waals surface area contributed by atoms with E-state index in [-0.39, 0.29) is 24.8 Å². The summed E-state index contributed by atoms with van der Waals surface area (Å²) in [7, 11) is 0. The summed E-state index contributed by atoms with van der Waals surface area (Å²) in [6.07, 6.45) is 0.0863. The highest BCUT2D eigenvalue weighted by molar-refractivity contribution is 6.44. The molecule has 8 heteroatoms. The maximum absolute atomic E-state index is 12.5. The topological polar surface area (TPSA) is 49.4 Å². The number of hydrogen-bond donors (Lipinski definition) is 1. The number of benzene rings is 2. The molecule has 1 aliphatic heterocycles. The molecule has 1 N–H and O–H groups in total. The molecule has 0 bridgehead atoms. The molecule has 2 aromatic carbocycles. The normalized spacial score (nSPS) is 17.0. The number of halogens is 4. The van der Waals surface area contributed by atoms with Gasteiger partial charge in [-0.1, -0.05) is 52.5 Å². The van der Waals surface area contributed by atoms with Gasteiger partial charge in [0.2, 0.25) is 11.8 Å². The molecule has 1 saturated heterocycles. The number of nitrogens with one attached hydrogen (secondary N) is 1. The maximum atomic E-state index is 12.5. The van der Waals surface area contributed by atoms with Gasteiger partial charge >= 0.3 is 0 Å². The standard InChI is InChI=1S/C17H12Cl4N2O2/c18-10-5-11(19)7-12(6-10)22-17(25)9-4-15(24)23(8-9)14-3-1-2-13(20)16(14)21/h1-3,5-7,9H,4,8H2,(H,22,25)/t9-/m1/s1. The second-order valence-corrected chi connectivity index (χ2v) is 7.28. The summed E-state index contributed by atoms with van der Waals surface area (Å²) >= 11 is 24.0. The van der Waals surface area contributed by atoms with Gasteiger partial charge in [-0.15, -0.1) is 0 Å². The van der Waals surface area contributed by atoms with Gasteiger partial charge in [0, 0.05) is 28.7 Å². The lowest BCUT2D eigenvalue weighted by Crippen LogP contribution is -2.28. The van der Waals surface area contributed by atoms with E-state index in [4.69, 9.17) is 46.4 Å². The van der Waals surface area contributed by atoms with Gasteiger partial charge < -0.3 is 10.2 Å². The number of nitrogens with zero attached hydrogens (tertiary/aromatic N) is 1. The Morgan fingerprint density at radius 3 is 2.44 bits per heavy atom. The van der Waals surface area contributed by atoms with Crippen LogP contribution in [0.1, 0.15) is 6.42 Å². The molecule has 3 rings (SSSR count). The van der Waals surface area contributed by atoms with E-state index < -0.39 is 5.92 Å². The average Bonchev–Trinajstić information content (AvgIpc) is 2.91. The molecule has 0 spiro atoms. The van der Waals surface area contributed by atoms with Crippen molar-refractivity contribution in [1.29, 1.82) is 0 Å². The molecule has 1 heterocycles. The molecule has 0 unspecified atom stereocenters. The third kappa shape index (κ3) is 4.04. The fraction of sp³-hybridized carbons (Fsp3) is 0.176. The average molecular weight is 418 g/mol. The molecule has 1 fully saturated rings. The van der Waals surface area contributed by atoms with Gasteiger partial charge in [-0.3, -0.25) is 9.59 Å². The minimum Gasteiger partial charge on any atom is -0.326 e. The summed E-state index contributed by atoms with van der Waals surface area (Å²) in [6.45, 7) is 0.221.